The molecule has 0 amide bonds. The van der Waals surface area contributed by atoms with Gasteiger partial charge in [0.15, 0.2) is 0 Å². The molecule has 0 saturated carbocycles. The molecule has 0 atom stereocenters. The molecule has 0 radical (unpaired) electrons. The number of hydrogen-bond acceptors (Lipinski definition) is 4. The molecule has 0 aliphatic carbocycles. The van der Waals surface area contributed by atoms with E-state index in [4.69, 9.17) is 0 Å². The first-order chi connectivity index (χ1) is 5.00. The summed E-state index contributed by atoms with van der Waals surface area (Å²) in [4.78, 5) is 3.74. The Morgan fingerprint density at radius 2 is 2.50 bits per heavy atom. The minimum atomic E-state index is 1.06. The maximum absolute atomic E-state index is 3.74. The van der Waals surface area contributed by atoms with Crippen LogP contribution in [0.15, 0.2) is 28.7 Å². The van der Waals surface area contributed by atoms with Gasteiger partial charge in [0.2, 0.25) is 0 Å². The lowest BCUT2D eigenvalue weighted by Crippen LogP contribution is -1.93. The zero-order valence-electron chi connectivity index (χ0n) is 5.36. The van der Waals surface area contributed by atoms with E-state index in [2.05, 4.69) is 10.3 Å². The van der Waals surface area contributed by atoms with E-state index < -0.39 is 0 Å². The van der Waals surface area contributed by atoms with Crippen LogP contribution in [-0.4, -0.2) is 10.9 Å². The van der Waals surface area contributed by atoms with Crippen LogP contribution in [0.25, 0.3) is 0 Å². The van der Waals surface area contributed by atoms with Gasteiger partial charge in [0.25, 0.3) is 0 Å². The molecule has 0 saturated heterocycles. The topological polar surface area (TPSA) is 24.9 Å². The Labute approximate surface area is 68.4 Å². The molecule has 1 aromatic rings. The van der Waals surface area contributed by atoms with Gasteiger partial charge >= 0.3 is 0 Å². The highest BCUT2D eigenvalue weighted by atomic mass is 32.2. The number of nitrogens with one attached hydrogen (secondary N) is 1. The first-order valence-electron chi connectivity index (χ1n) is 2.82. The van der Waals surface area contributed by atoms with E-state index in [1.165, 1.54) is 0 Å². The second-order valence-electron chi connectivity index (χ2n) is 1.49. The number of nitrogens with zero attached hydrogens (tertiary/aromatic N) is 1. The van der Waals surface area contributed by atoms with Crippen molar-refractivity contribution in [3.05, 3.63) is 28.7 Å². The van der Waals surface area contributed by atoms with Crippen LogP contribution in [0.3, 0.4) is 0 Å². The summed E-state index contributed by atoms with van der Waals surface area (Å²) in [7, 11) is 0. The summed E-state index contributed by atoms with van der Waals surface area (Å²) in [6, 6.07) is 0. The second kappa shape index (κ2) is 5.32. The number of thiazole rings is 1. The van der Waals surface area contributed by atoms with E-state index >= 15 is 0 Å². The van der Waals surface area contributed by atoms with Gasteiger partial charge in [0.1, 0.15) is 0 Å². The van der Waals surface area contributed by atoms with Crippen LogP contribution in [0.1, 0.15) is 0 Å². The Kier molecular flexibility index (Phi) is 4.05. The molecular formula is C6H8N2S2. The zero-order chi connectivity index (χ0) is 7.07. The Bertz CT molecular complexity index is 149. The largest absolute Gasteiger partial charge is 0.381 e. The molecule has 1 aliphatic heterocycles. The minimum Gasteiger partial charge on any atom is -0.381 e. The lowest BCUT2D eigenvalue weighted by atomic mass is 11.0. The Hall–Kier alpha value is -0.480. The molecular weight excluding hydrogens is 164 g/mol. The van der Waals surface area contributed by atoms with Crippen molar-refractivity contribution in [1.82, 2.24) is 10.3 Å². The van der Waals surface area contributed by atoms with Crippen LogP contribution in [0.5, 0.6) is 0 Å². The molecule has 2 heterocycles. The third kappa shape index (κ3) is 3.53. The van der Waals surface area contributed by atoms with Crippen molar-refractivity contribution in [3.63, 3.8) is 0 Å². The fraction of sp³-hybridized carbons (Fsp3) is 0.167. The molecule has 1 aromatic heterocycles. The molecule has 2 nitrogen and oxygen atoms in total. The van der Waals surface area contributed by atoms with Gasteiger partial charge in [0.05, 0.1) is 11.4 Å². The average Bonchev–Trinajstić information content (AvgIpc) is 2.67. The first-order valence-corrected chi connectivity index (χ1v) is 4.81. The van der Waals surface area contributed by atoms with Crippen molar-refractivity contribution in [3.8, 4) is 0 Å². The molecule has 2 rings (SSSR count). The highest BCUT2D eigenvalue weighted by Gasteiger charge is 1.81. The first kappa shape index (κ1) is 7.63. The van der Waals surface area contributed by atoms with Crippen LogP contribution < -0.4 is 5.32 Å². The maximum Gasteiger partial charge on any atom is 0.0791 e. The Balaban J connectivity index is 0.0000001000. The summed E-state index contributed by atoms with van der Waals surface area (Å²) in [6.07, 6.45) is 3.72. The molecule has 0 bridgehead atoms. The number of rotatable bonds is 0. The molecule has 4 heteroatoms. The van der Waals surface area contributed by atoms with Crippen molar-refractivity contribution in [1.29, 1.82) is 0 Å². The lowest BCUT2D eigenvalue weighted by Gasteiger charge is -1.77. The molecule has 0 unspecified atom stereocenters. The number of aromatic nitrogens is 1. The van der Waals surface area contributed by atoms with Crippen LogP contribution in [0, 0.1) is 0 Å². The normalized spacial score (nSPS) is 13.6. The highest BCUT2D eigenvalue weighted by molar-refractivity contribution is 8.02. The molecule has 54 valence electrons. The molecule has 0 spiro atoms. The van der Waals surface area contributed by atoms with Crippen molar-refractivity contribution in [2.45, 2.75) is 0 Å². The van der Waals surface area contributed by atoms with Crippen LogP contribution in [0.2, 0.25) is 0 Å². The van der Waals surface area contributed by atoms with Crippen LogP contribution in [-0.2, 0) is 0 Å². The fourth-order valence-electron chi connectivity index (χ4n) is 0.416. The van der Waals surface area contributed by atoms with Crippen molar-refractivity contribution in [2.24, 2.45) is 0 Å². The van der Waals surface area contributed by atoms with Crippen molar-refractivity contribution in [2.75, 3.05) is 5.88 Å². The summed E-state index contributed by atoms with van der Waals surface area (Å²) in [5, 5.41) is 6.98. The number of thioether (sulfide) groups is 1. The minimum absolute atomic E-state index is 1.06. The van der Waals surface area contributed by atoms with Crippen LogP contribution >= 0.6 is 23.1 Å². The van der Waals surface area contributed by atoms with Gasteiger partial charge in [-0.2, -0.15) is 0 Å². The zero-order valence-corrected chi connectivity index (χ0v) is 6.99. The van der Waals surface area contributed by atoms with E-state index in [0.29, 0.717) is 0 Å². The lowest BCUT2D eigenvalue weighted by molar-refractivity contribution is 1.08. The van der Waals surface area contributed by atoms with Crippen LogP contribution in [0.4, 0.5) is 0 Å². The monoisotopic (exact) mass is 172 g/mol. The molecule has 1 aliphatic rings. The molecule has 0 aromatic carbocycles. The van der Waals surface area contributed by atoms with E-state index in [1.54, 1.807) is 34.8 Å². The van der Waals surface area contributed by atoms with E-state index in [9.17, 15) is 0 Å². The van der Waals surface area contributed by atoms with Crippen molar-refractivity contribution >= 4 is 23.1 Å². The summed E-state index contributed by atoms with van der Waals surface area (Å²) in [6.45, 7) is 0. The quantitative estimate of drug-likeness (QED) is 0.647. The van der Waals surface area contributed by atoms with E-state index in [1.807, 2.05) is 17.0 Å². The maximum atomic E-state index is 3.74. The Morgan fingerprint density at radius 1 is 1.50 bits per heavy atom. The third-order valence-electron chi connectivity index (χ3n) is 0.796. The summed E-state index contributed by atoms with van der Waals surface area (Å²) < 4.78 is 0. The smallest absolute Gasteiger partial charge is 0.0791 e. The van der Waals surface area contributed by atoms with Gasteiger partial charge in [-0.25, -0.2) is 0 Å². The van der Waals surface area contributed by atoms with Gasteiger partial charge in [-0.15, -0.1) is 23.1 Å². The van der Waals surface area contributed by atoms with Crippen molar-refractivity contribution < 1.29 is 0 Å². The van der Waals surface area contributed by atoms with Gasteiger partial charge in [0, 0.05) is 17.8 Å². The van der Waals surface area contributed by atoms with E-state index in [-0.39, 0.29) is 0 Å². The van der Waals surface area contributed by atoms with Gasteiger partial charge in [-0.1, -0.05) is 0 Å². The van der Waals surface area contributed by atoms with Gasteiger partial charge < -0.3 is 5.32 Å². The summed E-state index contributed by atoms with van der Waals surface area (Å²) in [5.74, 6) is 1.06. The average molecular weight is 172 g/mol. The second-order valence-corrected chi connectivity index (χ2v) is 3.14. The number of hydrogen-bond donors (Lipinski definition) is 1. The molecule has 1 N–H and O–H groups in total. The van der Waals surface area contributed by atoms with Gasteiger partial charge in [-0.05, 0) is 5.41 Å². The van der Waals surface area contributed by atoms with E-state index in [0.717, 1.165) is 5.88 Å². The summed E-state index contributed by atoms with van der Waals surface area (Å²) in [5.41, 5.74) is 1.79. The molecule has 0 fully saturated rings. The predicted molar refractivity (Wildman–Crippen MR) is 46.8 cm³/mol. The SMILES string of the molecule is C1=CSCN1.c1cscn1. The molecule has 10 heavy (non-hydrogen) atoms. The standard InChI is InChI=1S/C3H5NS.C3H3NS/c2*1-2-5-3-4-1/h1-2,4H,3H2;1-3H. The fourth-order valence-corrected chi connectivity index (χ4v) is 1.25. The summed E-state index contributed by atoms with van der Waals surface area (Å²) >= 11 is 3.38. The predicted octanol–water partition coefficient (Wildman–Crippen LogP) is 1.89. The highest BCUT2D eigenvalue weighted by Crippen LogP contribution is 2.02. The van der Waals surface area contributed by atoms with Gasteiger partial charge in [-0.3, -0.25) is 4.98 Å². The Morgan fingerprint density at radius 3 is 2.70 bits per heavy atom. The third-order valence-corrected chi connectivity index (χ3v) is 1.98.